The Morgan fingerprint density at radius 3 is 2.33 bits per heavy atom. The van der Waals surface area contributed by atoms with Crippen molar-refractivity contribution in [2.24, 2.45) is 5.73 Å². The van der Waals surface area contributed by atoms with Gasteiger partial charge < -0.3 is 10.3 Å². The second kappa shape index (κ2) is 8.48. The largest absolute Gasteiger partial charge is 0.366 e. The van der Waals surface area contributed by atoms with Gasteiger partial charge in [0.05, 0.1) is 5.69 Å². The van der Waals surface area contributed by atoms with E-state index in [-0.39, 0.29) is 10.7 Å². The van der Waals surface area contributed by atoms with Crippen molar-refractivity contribution < 1.29 is 14.4 Å². The highest BCUT2D eigenvalue weighted by Crippen LogP contribution is 2.27. The third-order valence-electron chi connectivity index (χ3n) is 5.64. The molecule has 3 amide bonds. The summed E-state index contributed by atoms with van der Waals surface area (Å²) in [5.74, 6) is -1.51. The molecular formula is C25H22N4O3S. The number of amides is 3. The number of anilines is 1. The minimum atomic E-state index is -0.537. The molecule has 3 N–H and O–H groups in total. The zero-order valence-electron chi connectivity index (χ0n) is 18.4. The van der Waals surface area contributed by atoms with Gasteiger partial charge in [0.25, 0.3) is 11.8 Å². The second-order valence-electron chi connectivity index (χ2n) is 7.82. The van der Waals surface area contributed by atoms with Crippen molar-refractivity contribution in [3.8, 4) is 5.69 Å². The van der Waals surface area contributed by atoms with Crippen molar-refractivity contribution in [3.63, 3.8) is 0 Å². The Morgan fingerprint density at radius 2 is 1.70 bits per heavy atom. The van der Waals surface area contributed by atoms with Crippen LogP contribution in [0.1, 0.15) is 32.9 Å². The number of rotatable bonds is 4. The summed E-state index contributed by atoms with van der Waals surface area (Å²) in [6.07, 6.45) is 1.58. The predicted molar refractivity (Wildman–Crippen MR) is 131 cm³/mol. The van der Waals surface area contributed by atoms with Crippen LogP contribution >= 0.6 is 12.2 Å². The van der Waals surface area contributed by atoms with Gasteiger partial charge in [-0.2, -0.15) is 0 Å². The van der Waals surface area contributed by atoms with Crippen LogP contribution in [0.4, 0.5) is 5.69 Å². The molecule has 8 heteroatoms. The van der Waals surface area contributed by atoms with Gasteiger partial charge in [0, 0.05) is 22.6 Å². The molecule has 1 aliphatic rings. The van der Waals surface area contributed by atoms with Crippen molar-refractivity contribution in [2.75, 3.05) is 4.90 Å². The van der Waals surface area contributed by atoms with E-state index in [1.807, 2.05) is 49.6 Å². The van der Waals surface area contributed by atoms with E-state index in [1.165, 1.54) is 4.90 Å². The van der Waals surface area contributed by atoms with Crippen molar-refractivity contribution in [3.05, 3.63) is 88.2 Å². The molecule has 0 saturated carbocycles. The molecule has 1 aromatic heterocycles. The molecule has 0 unspecified atom stereocenters. The Labute approximate surface area is 196 Å². The second-order valence-corrected chi connectivity index (χ2v) is 8.20. The van der Waals surface area contributed by atoms with E-state index in [2.05, 4.69) is 5.32 Å². The molecule has 0 atom stereocenters. The van der Waals surface area contributed by atoms with Gasteiger partial charge in [0.15, 0.2) is 5.11 Å². The number of primary amides is 1. The summed E-state index contributed by atoms with van der Waals surface area (Å²) in [5, 5.41) is 2.68. The van der Waals surface area contributed by atoms with Crippen LogP contribution < -0.4 is 16.0 Å². The number of aryl methyl sites for hydroxylation is 2. The molecule has 0 aliphatic carbocycles. The molecule has 0 radical (unpaired) electrons. The predicted octanol–water partition coefficient (Wildman–Crippen LogP) is 3.33. The number of nitrogens with zero attached hydrogens (tertiary/aromatic N) is 2. The Balaban J connectivity index is 1.75. The average Bonchev–Trinajstić information content (AvgIpc) is 3.05. The highest BCUT2D eigenvalue weighted by atomic mass is 32.1. The molecule has 1 fully saturated rings. The lowest BCUT2D eigenvalue weighted by atomic mass is 10.1. The number of hydrogen-bond acceptors (Lipinski definition) is 4. The number of thiocarbonyl (C=S) groups is 1. The first-order chi connectivity index (χ1) is 15.7. The molecule has 0 bridgehead atoms. The van der Waals surface area contributed by atoms with Crippen LogP contribution in [0.3, 0.4) is 0 Å². The van der Waals surface area contributed by atoms with Crippen molar-refractivity contribution in [1.82, 2.24) is 9.88 Å². The minimum absolute atomic E-state index is 0.00354. The lowest BCUT2D eigenvalue weighted by Crippen LogP contribution is -2.54. The summed E-state index contributed by atoms with van der Waals surface area (Å²) in [6.45, 7) is 5.70. The molecule has 0 spiro atoms. The van der Waals surface area contributed by atoms with E-state index in [1.54, 1.807) is 36.4 Å². The summed E-state index contributed by atoms with van der Waals surface area (Å²) in [7, 11) is 0. The number of hydrogen-bond donors (Lipinski definition) is 2. The number of nitrogens with one attached hydrogen (secondary N) is 1. The van der Waals surface area contributed by atoms with Gasteiger partial charge in [0.1, 0.15) is 5.57 Å². The van der Waals surface area contributed by atoms with E-state index in [0.717, 1.165) is 28.2 Å². The topological polar surface area (TPSA) is 97.4 Å². The lowest BCUT2D eigenvalue weighted by molar-refractivity contribution is -0.122. The summed E-state index contributed by atoms with van der Waals surface area (Å²) < 4.78 is 1.98. The molecule has 1 aliphatic heterocycles. The number of carbonyl (C=O) groups is 3. The summed E-state index contributed by atoms with van der Waals surface area (Å²) >= 11 is 5.29. The van der Waals surface area contributed by atoms with Crippen LogP contribution in [-0.4, -0.2) is 27.4 Å². The molecule has 33 heavy (non-hydrogen) atoms. The van der Waals surface area contributed by atoms with E-state index >= 15 is 0 Å². The standard InChI is InChI=1S/C25H22N4O3S/c1-14-6-4-5-7-21(14)29-24(32)20(23(31)27-25(29)33)13-18-12-15(2)28(16(18)3)19-10-8-17(9-11-19)22(26)30/h4-13H,1-3H3,(H2,26,30)(H,27,31,33)/b20-13+. The van der Waals surface area contributed by atoms with Crippen LogP contribution in [0.15, 0.2) is 60.2 Å². The summed E-state index contributed by atoms with van der Waals surface area (Å²) in [6, 6.07) is 16.2. The Kier molecular flexibility index (Phi) is 5.69. The van der Waals surface area contributed by atoms with Gasteiger partial charge in [0.2, 0.25) is 5.91 Å². The average molecular weight is 459 g/mol. The fraction of sp³-hybridized carbons (Fsp3) is 0.120. The van der Waals surface area contributed by atoms with E-state index in [0.29, 0.717) is 11.3 Å². The molecule has 7 nitrogen and oxygen atoms in total. The highest BCUT2D eigenvalue weighted by molar-refractivity contribution is 7.80. The zero-order valence-corrected chi connectivity index (χ0v) is 19.2. The van der Waals surface area contributed by atoms with Gasteiger partial charge in [-0.05, 0) is 86.6 Å². The van der Waals surface area contributed by atoms with Crippen LogP contribution in [0, 0.1) is 20.8 Å². The number of benzene rings is 2. The normalized spacial score (nSPS) is 15.2. The van der Waals surface area contributed by atoms with E-state index in [9.17, 15) is 14.4 Å². The molecule has 2 heterocycles. The van der Waals surface area contributed by atoms with Gasteiger partial charge in [-0.3, -0.25) is 24.6 Å². The number of aromatic nitrogens is 1. The van der Waals surface area contributed by atoms with Gasteiger partial charge in [-0.1, -0.05) is 18.2 Å². The maximum absolute atomic E-state index is 13.3. The lowest BCUT2D eigenvalue weighted by Gasteiger charge is -2.30. The third-order valence-corrected chi connectivity index (χ3v) is 5.92. The van der Waals surface area contributed by atoms with Crippen LogP contribution in [0.25, 0.3) is 11.8 Å². The quantitative estimate of drug-likeness (QED) is 0.356. The Hall–Kier alpha value is -4.04. The van der Waals surface area contributed by atoms with Crippen molar-refractivity contribution >= 4 is 46.8 Å². The van der Waals surface area contributed by atoms with E-state index < -0.39 is 17.7 Å². The first kappa shape index (κ1) is 22.2. The zero-order chi connectivity index (χ0) is 23.9. The molecule has 166 valence electrons. The fourth-order valence-corrected chi connectivity index (χ4v) is 4.23. The number of nitrogens with two attached hydrogens (primary N) is 1. The fourth-order valence-electron chi connectivity index (χ4n) is 3.95. The van der Waals surface area contributed by atoms with Crippen LogP contribution in [0.2, 0.25) is 0 Å². The third kappa shape index (κ3) is 3.96. The van der Waals surface area contributed by atoms with Gasteiger partial charge >= 0.3 is 0 Å². The maximum atomic E-state index is 13.3. The smallest absolute Gasteiger partial charge is 0.270 e. The molecule has 4 rings (SSSR count). The minimum Gasteiger partial charge on any atom is -0.366 e. The summed E-state index contributed by atoms with van der Waals surface area (Å²) in [5.41, 5.74) is 10.5. The molecular weight excluding hydrogens is 436 g/mol. The van der Waals surface area contributed by atoms with Gasteiger partial charge in [-0.15, -0.1) is 0 Å². The van der Waals surface area contributed by atoms with Crippen molar-refractivity contribution in [1.29, 1.82) is 0 Å². The number of carbonyl (C=O) groups excluding carboxylic acids is 3. The number of para-hydroxylation sites is 1. The van der Waals surface area contributed by atoms with Gasteiger partial charge in [-0.25, -0.2) is 0 Å². The summed E-state index contributed by atoms with van der Waals surface area (Å²) in [4.78, 5) is 38.7. The first-order valence-electron chi connectivity index (χ1n) is 10.3. The van der Waals surface area contributed by atoms with E-state index in [4.69, 9.17) is 18.0 Å². The molecule has 1 saturated heterocycles. The first-order valence-corrected chi connectivity index (χ1v) is 10.7. The Bertz CT molecular complexity index is 1350. The maximum Gasteiger partial charge on any atom is 0.270 e. The highest BCUT2D eigenvalue weighted by Gasteiger charge is 2.35. The van der Waals surface area contributed by atoms with Crippen LogP contribution in [0.5, 0.6) is 0 Å². The monoisotopic (exact) mass is 458 g/mol. The Morgan fingerprint density at radius 1 is 1.03 bits per heavy atom. The molecule has 2 aromatic carbocycles. The SMILES string of the molecule is Cc1ccccc1N1C(=O)/C(=C/c2cc(C)n(-c3ccc(C(N)=O)cc3)c2C)C(=O)NC1=S. The van der Waals surface area contributed by atoms with Crippen molar-refractivity contribution in [2.45, 2.75) is 20.8 Å². The van der Waals surface area contributed by atoms with Crippen LogP contribution in [-0.2, 0) is 9.59 Å². The molecule has 3 aromatic rings.